The standard InChI is InChI=1S/C15H25NO3S/c1-10-11-9-12(15(10,2)3)14(13(11)17)20(18,19)16-7-5-4-6-8-16/h10-12,14H,4-9H2,1-3H3/t10-,11+,12+,14+/m1/s1. The lowest BCUT2D eigenvalue weighted by Gasteiger charge is -2.41. The number of ketones is 1. The van der Waals surface area contributed by atoms with E-state index >= 15 is 0 Å². The van der Waals surface area contributed by atoms with E-state index in [1.165, 1.54) is 0 Å². The molecule has 1 heterocycles. The van der Waals surface area contributed by atoms with E-state index in [9.17, 15) is 13.2 Å². The van der Waals surface area contributed by atoms with Crippen molar-refractivity contribution in [2.45, 2.75) is 51.7 Å². The van der Waals surface area contributed by atoms with E-state index in [0.29, 0.717) is 19.0 Å². The number of hydrogen-bond donors (Lipinski definition) is 0. The van der Waals surface area contributed by atoms with Crippen molar-refractivity contribution in [3.8, 4) is 0 Å². The third-order valence-corrected chi connectivity index (χ3v) is 8.54. The van der Waals surface area contributed by atoms with Crippen LogP contribution >= 0.6 is 0 Å². The molecule has 0 N–H and O–H groups in total. The van der Waals surface area contributed by atoms with Crippen molar-refractivity contribution in [1.29, 1.82) is 0 Å². The summed E-state index contributed by atoms with van der Waals surface area (Å²) in [4.78, 5) is 12.5. The molecule has 2 bridgehead atoms. The van der Waals surface area contributed by atoms with Gasteiger partial charge < -0.3 is 0 Å². The van der Waals surface area contributed by atoms with Crippen LogP contribution in [0.5, 0.6) is 0 Å². The number of piperidine rings is 1. The Morgan fingerprint density at radius 1 is 1.15 bits per heavy atom. The molecule has 0 aromatic heterocycles. The topological polar surface area (TPSA) is 54.5 Å². The summed E-state index contributed by atoms with van der Waals surface area (Å²) in [6, 6.07) is 0. The first-order valence-electron chi connectivity index (χ1n) is 7.80. The van der Waals surface area contributed by atoms with E-state index in [1.54, 1.807) is 4.31 Å². The van der Waals surface area contributed by atoms with Crippen LogP contribution in [-0.4, -0.2) is 36.8 Å². The Kier molecular flexibility index (Phi) is 3.29. The number of hydrogen-bond acceptors (Lipinski definition) is 3. The van der Waals surface area contributed by atoms with Crippen molar-refractivity contribution >= 4 is 15.8 Å². The molecule has 2 saturated carbocycles. The monoisotopic (exact) mass is 299 g/mol. The van der Waals surface area contributed by atoms with Gasteiger partial charge >= 0.3 is 0 Å². The normalized spacial score (nSPS) is 41.2. The van der Waals surface area contributed by atoms with E-state index < -0.39 is 15.3 Å². The molecule has 1 saturated heterocycles. The van der Waals surface area contributed by atoms with Crippen molar-refractivity contribution in [2.24, 2.45) is 23.2 Å². The van der Waals surface area contributed by atoms with Crippen LogP contribution in [0.25, 0.3) is 0 Å². The van der Waals surface area contributed by atoms with Gasteiger partial charge in [-0.05, 0) is 36.5 Å². The maximum Gasteiger partial charge on any atom is 0.224 e. The second-order valence-corrected chi connectivity index (χ2v) is 9.44. The molecular formula is C15H25NO3S. The molecule has 0 unspecified atom stereocenters. The summed E-state index contributed by atoms with van der Waals surface area (Å²) in [7, 11) is -3.45. The Morgan fingerprint density at radius 2 is 1.75 bits per heavy atom. The molecule has 0 aromatic rings. The highest BCUT2D eigenvalue weighted by atomic mass is 32.2. The lowest BCUT2D eigenvalue weighted by Crippen LogP contribution is -2.52. The lowest BCUT2D eigenvalue weighted by molar-refractivity contribution is -0.125. The molecule has 3 rings (SSSR count). The van der Waals surface area contributed by atoms with Gasteiger partial charge in [-0.15, -0.1) is 0 Å². The number of rotatable bonds is 2. The second-order valence-electron chi connectivity index (χ2n) is 7.39. The summed E-state index contributed by atoms with van der Waals surface area (Å²) < 4.78 is 27.4. The summed E-state index contributed by atoms with van der Waals surface area (Å²) in [6.07, 6.45) is 3.71. The van der Waals surface area contributed by atoms with Gasteiger partial charge in [0.2, 0.25) is 10.0 Å². The SMILES string of the molecule is C[C@@H]1[C@@H]2C[C@@H]([C@H](S(=O)(=O)N3CCCCC3)C2=O)C1(C)C. The van der Waals surface area contributed by atoms with Gasteiger partial charge in [-0.25, -0.2) is 12.7 Å². The third kappa shape index (κ3) is 1.82. The maximum absolute atomic E-state index is 12.9. The highest BCUT2D eigenvalue weighted by Gasteiger charge is 2.64. The highest BCUT2D eigenvalue weighted by molar-refractivity contribution is 7.90. The molecular weight excluding hydrogens is 274 g/mol. The first kappa shape index (κ1) is 14.5. The van der Waals surface area contributed by atoms with Crippen molar-refractivity contribution < 1.29 is 13.2 Å². The van der Waals surface area contributed by atoms with Gasteiger partial charge in [0.15, 0.2) is 5.78 Å². The van der Waals surface area contributed by atoms with Crippen LogP contribution in [0.3, 0.4) is 0 Å². The minimum absolute atomic E-state index is 0.00178. The number of sulfonamides is 1. The summed E-state index contributed by atoms with van der Waals surface area (Å²) >= 11 is 0. The Hall–Kier alpha value is -0.420. The molecule has 1 aliphatic heterocycles. The largest absolute Gasteiger partial charge is 0.298 e. The average Bonchev–Trinajstić information content (AvgIpc) is 2.86. The number of carbonyl (C=O) groups is 1. The van der Waals surface area contributed by atoms with E-state index in [4.69, 9.17) is 0 Å². The van der Waals surface area contributed by atoms with Gasteiger partial charge in [0, 0.05) is 19.0 Å². The van der Waals surface area contributed by atoms with Crippen LogP contribution in [0.15, 0.2) is 0 Å². The molecule has 4 atom stereocenters. The summed E-state index contributed by atoms with van der Waals surface area (Å²) in [6.45, 7) is 7.56. The molecule has 0 radical (unpaired) electrons. The highest BCUT2D eigenvalue weighted by Crippen LogP contribution is 2.59. The molecule has 2 aliphatic carbocycles. The minimum atomic E-state index is -3.45. The number of carbonyl (C=O) groups excluding carboxylic acids is 1. The van der Waals surface area contributed by atoms with Crippen LogP contribution in [0, 0.1) is 23.2 Å². The van der Waals surface area contributed by atoms with Crippen LogP contribution in [0.2, 0.25) is 0 Å². The van der Waals surface area contributed by atoms with Gasteiger partial charge in [-0.1, -0.05) is 27.2 Å². The third-order valence-electron chi connectivity index (χ3n) is 6.25. The van der Waals surface area contributed by atoms with Gasteiger partial charge in [0.1, 0.15) is 5.25 Å². The van der Waals surface area contributed by atoms with Crippen molar-refractivity contribution in [3.63, 3.8) is 0 Å². The fourth-order valence-corrected chi connectivity index (χ4v) is 6.99. The van der Waals surface area contributed by atoms with E-state index in [2.05, 4.69) is 20.8 Å². The van der Waals surface area contributed by atoms with Crippen molar-refractivity contribution in [3.05, 3.63) is 0 Å². The van der Waals surface area contributed by atoms with Crippen molar-refractivity contribution in [2.75, 3.05) is 13.1 Å². The van der Waals surface area contributed by atoms with Gasteiger partial charge in [-0.2, -0.15) is 0 Å². The Labute approximate surface area is 122 Å². The predicted octanol–water partition coefficient (Wildman–Crippen LogP) is 2.05. The molecule has 3 fully saturated rings. The zero-order chi connectivity index (χ0) is 14.7. The molecule has 20 heavy (non-hydrogen) atoms. The van der Waals surface area contributed by atoms with Gasteiger partial charge in [0.05, 0.1) is 0 Å². The van der Waals surface area contributed by atoms with Crippen LogP contribution < -0.4 is 0 Å². The number of fused-ring (bicyclic) bond motifs is 2. The fraction of sp³-hybridized carbons (Fsp3) is 0.933. The fourth-order valence-electron chi connectivity index (χ4n) is 4.56. The summed E-state index contributed by atoms with van der Waals surface area (Å²) in [5.74, 6) is 0.252. The molecule has 0 aromatic carbocycles. The number of nitrogens with zero attached hydrogens (tertiary/aromatic N) is 1. The molecule has 5 heteroatoms. The first-order chi connectivity index (χ1) is 9.28. The molecule has 114 valence electrons. The van der Waals surface area contributed by atoms with Crippen LogP contribution in [0.4, 0.5) is 0 Å². The first-order valence-corrected chi connectivity index (χ1v) is 9.31. The van der Waals surface area contributed by atoms with Gasteiger partial charge in [0.25, 0.3) is 0 Å². The molecule has 0 amide bonds. The Bertz CT molecular complexity index is 519. The van der Waals surface area contributed by atoms with Crippen LogP contribution in [-0.2, 0) is 14.8 Å². The Morgan fingerprint density at radius 3 is 2.30 bits per heavy atom. The predicted molar refractivity (Wildman–Crippen MR) is 77.7 cm³/mol. The zero-order valence-electron chi connectivity index (χ0n) is 12.6. The van der Waals surface area contributed by atoms with E-state index in [-0.39, 0.29) is 23.0 Å². The Balaban J connectivity index is 1.93. The van der Waals surface area contributed by atoms with E-state index in [0.717, 1.165) is 25.7 Å². The average molecular weight is 299 g/mol. The summed E-state index contributed by atoms with van der Waals surface area (Å²) in [5.41, 5.74) is -0.0495. The molecule has 4 nitrogen and oxygen atoms in total. The van der Waals surface area contributed by atoms with Crippen LogP contribution in [0.1, 0.15) is 46.5 Å². The molecule has 0 spiro atoms. The maximum atomic E-state index is 12.9. The van der Waals surface area contributed by atoms with Gasteiger partial charge in [-0.3, -0.25) is 4.79 Å². The molecule has 3 aliphatic rings. The number of Topliss-reactive ketones (excluding diaryl/α,β-unsaturated/α-hetero) is 1. The van der Waals surface area contributed by atoms with E-state index in [1.807, 2.05) is 0 Å². The zero-order valence-corrected chi connectivity index (χ0v) is 13.4. The smallest absolute Gasteiger partial charge is 0.224 e. The quantitative estimate of drug-likeness (QED) is 0.784. The minimum Gasteiger partial charge on any atom is -0.298 e. The lowest BCUT2D eigenvalue weighted by atomic mass is 9.69. The van der Waals surface area contributed by atoms with Crippen molar-refractivity contribution in [1.82, 2.24) is 4.31 Å². The second kappa shape index (κ2) is 4.54. The summed E-state index contributed by atoms with van der Waals surface area (Å²) in [5, 5.41) is -0.767.